The molecule has 0 radical (unpaired) electrons. The van der Waals surface area contributed by atoms with Gasteiger partial charge in [0.15, 0.2) is 19.7 Å². The molecule has 6 rings (SSSR count). The number of rotatable bonds is 2. The predicted molar refractivity (Wildman–Crippen MR) is 138 cm³/mol. The van der Waals surface area contributed by atoms with Crippen LogP contribution in [0, 0.1) is 0 Å². The summed E-state index contributed by atoms with van der Waals surface area (Å²) < 4.78 is 52.5. The van der Waals surface area contributed by atoms with E-state index in [9.17, 15) is 16.8 Å². The Morgan fingerprint density at radius 1 is 0.500 bits per heavy atom. The first-order valence-electron chi connectivity index (χ1n) is 10.7. The van der Waals surface area contributed by atoms with E-state index in [0.717, 1.165) is 54.1 Å². The van der Waals surface area contributed by atoms with Gasteiger partial charge in [-0.15, -0.1) is 0 Å². The van der Waals surface area contributed by atoms with Crippen molar-refractivity contribution in [3.63, 3.8) is 0 Å². The second-order valence-electron chi connectivity index (χ2n) is 9.05. The van der Waals surface area contributed by atoms with Gasteiger partial charge in [-0.25, -0.2) is 16.8 Å². The molecule has 0 aliphatic heterocycles. The number of aromatic nitrogens is 2. The van der Waals surface area contributed by atoms with Crippen molar-refractivity contribution in [2.24, 2.45) is 14.1 Å². The van der Waals surface area contributed by atoms with E-state index < -0.39 is 19.7 Å². The van der Waals surface area contributed by atoms with E-state index in [-0.39, 0.29) is 0 Å². The molecule has 4 aromatic carbocycles. The minimum absolute atomic E-state index is 0.293. The van der Waals surface area contributed by atoms with Crippen LogP contribution in [0.1, 0.15) is 0 Å². The van der Waals surface area contributed by atoms with Crippen LogP contribution in [-0.4, -0.2) is 38.5 Å². The molecule has 0 fully saturated rings. The molecule has 2 heterocycles. The molecule has 34 heavy (non-hydrogen) atoms. The van der Waals surface area contributed by atoms with Gasteiger partial charge in [0.25, 0.3) is 0 Å². The van der Waals surface area contributed by atoms with Crippen molar-refractivity contribution in [2.75, 3.05) is 12.5 Å². The summed E-state index contributed by atoms with van der Waals surface area (Å²) in [6, 6.07) is 19.7. The van der Waals surface area contributed by atoms with Gasteiger partial charge in [0.1, 0.15) is 10.1 Å². The lowest BCUT2D eigenvalue weighted by Crippen LogP contribution is -2.04. The van der Waals surface area contributed by atoms with Gasteiger partial charge in [0, 0.05) is 48.2 Å². The minimum atomic E-state index is -3.35. The molecule has 0 spiro atoms. The highest BCUT2D eigenvalue weighted by atomic mass is 32.2. The number of fused-ring (bicyclic) bond motifs is 9. The summed E-state index contributed by atoms with van der Waals surface area (Å²) in [5.74, 6) is 0. The van der Waals surface area contributed by atoms with Gasteiger partial charge in [-0.1, -0.05) is 48.5 Å². The van der Waals surface area contributed by atoms with E-state index in [2.05, 4.69) is 12.1 Å². The first-order chi connectivity index (χ1) is 16.0. The third-order valence-electron chi connectivity index (χ3n) is 6.85. The molecule has 0 aliphatic carbocycles. The van der Waals surface area contributed by atoms with Crippen molar-refractivity contribution in [3.8, 4) is 0 Å². The van der Waals surface area contributed by atoms with Crippen LogP contribution in [0.5, 0.6) is 0 Å². The third-order valence-corrected chi connectivity index (χ3v) is 9.15. The molecule has 6 nitrogen and oxygen atoms in total. The minimum Gasteiger partial charge on any atom is -0.334 e. The SMILES string of the molecule is Cn1c(S(C)(=O)=O)cc2ccc3c4ccc5c(ccc6cc(S(C)(=O)=O)n(C)c65)c4ccc3c21. The van der Waals surface area contributed by atoms with Gasteiger partial charge < -0.3 is 9.13 Å². The standard InChI is InChI=1S/C26H22N2O4S2/c1-27-23(33(3,29)30)13-15-5-7-19-17-10-12-22-20(18(17)9-11-21(19)25(15)27)8-6-16-14-24(34(4,31)32)28(2)26(16)22/h5-14H,1-4H3. The Kier molecular flexibility index (Phi) is 4.12. The van der Waals surface area contributed by atoms with Crippen LogP contribution < -0.4 is 0 Å². The Balaban J connectivity index is 1.73. The zero-order valence-electron chi connectivity index (χ0n) is 19.1. The van der Waals surface area contributed by atoms with Crippen molar-refractivity contribution in [1.82, 2.24) is 9.13 Å². The van der Waals surface area contributed by atoms with Crippen molar-refractivity contribution in [2.45, 2.75) is 10.1 Å². The maximum atomic E-state index is 12.3. The Morgan fingerprint density at radius 2 is 0.794 bits per heavy atom. The average molecular weight is 491 g/mol. The molecule has 0 bridgehead atoms. The lowest BCUT2D eigenvalue weighted by atomic mass is 9.95. The zero-order chi connectivity index (χ0) is 24.2. The quantitative estimate of drug-likeness (QED) is 0.322. The summed E-state index contributed by atoms with van der Waals surface area (Å²) in [5, 5.41) is 8.53. The lowest BCUT2D eigenvalue weighted by Gasteiger charge is -2.11. The maximum absolute atomic E-state index is 12.3. The lowest BCUT2D eigenvalue weighted by molar-refractivity contribution is 0.591. The van der Waals surface area contributed by atoms with Crippen molar-refractivity contribution in [1.29, 1.82) is 0 Å². The molecule has 0 saturated carbocycles. The highest BCUT2D eigenvalue weighted by molar-refractivity contribution is 7.90. The normalized spacial score (nSPS) is 13.2. The molecular weight excluding hydrogens is 468 g/mol. The van der Waals surface area contributed by atoms with Gasteiger partial charge in [0.05, 0.1) is 11.0 Å². The summed E-state index contributed by atoms with van der Waals surface area (Å²) in [6.45, 7) is 0. The zero-order valence-corrected chi connectivity index (χ0v) is 20.8. The summed E-state index contributed by atoms with van der Waals surface area (Å²) in [5.41, 5.74) is 1.77. The molecule has 2 aromatic heterocycles. The van der Waals surface area contributed by atoms with Gasteiger partial charge in [-0.2, -0.15) is 0 Å². The van der Waals surface area contributed by atoms with E-state index in [1.165, 1.54) is 12.5 Å². The van der Waals surface area contributed by atoms with E-state index in [1.807, 2.05) is 36.4 Å². The summed E-state index contributed by atoms with van der Waals surface area (Å²) >= 11 is 0. The second-order valence-corrected chi connectivity index (χ2v) is 13.0. The number of benzene rings is 4. The summed E-state index contributed by atoms with van der Waals surface area (Å²) in [4.78, 5) is 0. The number of sulfone groups is 2. The van der Waals surface area contributed by atoms with Crippen LogP contribution in [0.15, 0.2) is 70.7 Å². The number of hydrogen-bond donors (Lipinski definition) is 0. The molecule has 0 atom stereocenters. The molecular formula is C26H22N2O4S2. The molecule has 172 valence electrons. The fourth-order valence-corrected chi connectivity index (χ4v) is 7.27. The van der Waals surface area contributed by atoms with E-state index in [1.54, 1.807) is 35.4 Å². The first kappa shape index (κ1) is 21.2. The van der Waals surface area contributed by atoms with Gasteiger partial charge >= 0.3 is 0 Å². The number of aryl methyl sites for hydroxylation is 2. The Morgan fingerprint density at radius 3 is 1.15 bits per heavy atom. The Labute approximate surface area is 196 Å². The Bertz CT molecular complexity index is 1930. The Hall–Kier alpha value is -3.36. The third kappa shape index (κ3) is 2.78. The van der Waals surface area contributed by atoms with E-state index >= 15 is 0 Å². The second kappa shape index (κ2) is 6.61. The molecule has 0 saturated heterocycles. The van der Waals surface area contributed by atoms with Crippen LogP contribution in [0.25, 0.3) is 54.1 Å². The van der Waals surface area contributed by atoms with Crippen molar-refractivity contribution < 1.29 is 16.8 Å². The molecule has 0 N–H and O–H groups in total. The number of nitrogens with zero attached hydrogens (tertiary/aromatic N) is 2. The van der Waals surface area contributed by atoms with Crippen LogP contribution in [-0.2, 0) is 33.8 Å². The summed E-state index contributed by atoms with van der Waals surface area (Å²) in [7, 11) is -3.13. The van der Waals surface area contributed by atoms with Crippen LogP contribution in [0.2, 0.25) is 0 Å². The molecule has 0 aliphatic rings. The average Bonchev–Trinajstić information content (AvgIpc) is 3.30. The van der Waals surface area contributed by atoms with E-state index in [0.29, 0.717) is 10.1 Å². The molecule has 0 unspecified atom stereocenters. The van der Waals surface area contributed by atoms with Crippen LogP contribution in [0.4, 0.5) is 0 Å². The maximum Gasteiger partial charge on any atom is 0.190 e. The highest BCUT2D eigenvalue weighted by Gasteiger charge is 2.19. The first-order valence-corrected chi connectivity index (χ1v) is 14.5. The molecule has 6 aromatic rings. The highest BCUT2D eigenvalue weighted by Crippen LogP contribution is 2.38. The fourth-order valence-electron chi connectivity index (χ4n) is 5.41. The van der Waals surface area contributed by atoms with Crippen molar-refractivity contribution in [3.05, 3.63) is 60.7 Å². The van der Waals surface area contributed by atoms with Gasteiger partial charge in [-0.3, -0.25) is 0 Å². The van der Waals surface area contributed by atoms with Gasteiger partial charge in [-0.05, 0) is 33.7 Å². The predicted octanol–water partition coefficient (Wildman–Crippen LogP) is 4.94. The smallest absolute Gasteiger partial charge is 0.190 e. The van der Waals surface area contributed by atoms with Crippen LogP contribution in [0.3, 0.4) is 0 Å². The van der Waals surface area contributed by atoms with Crippen LogP contribution >= 0.6 is 0 Å². The summed E-state index contributed by atoms with van der Waals surface area (Å²) in [6.07, 6.45) is 2.45. The molecule has 0 amide bonds. The van der Waals surface area contributed by atoms with Gasteiger partial charge in [0.2, 0.25) is 0 Å². The molecule has 8 heteroatoms. The number of hydrogen-bond acceptors (Lipinski definition) is 4. The topological polar surface area (TPSA) is 78.1 Å². The fraction of sp³-hybridized carbons (Fsp3) is 0.154. The van der Waals surface area contributed by atoms with E-state index in [4.69, 9.17) is 0 Å². The van der Waals surface area contributed by atoms with Crippen molar-refractivity contribution >= 4 is 73.8 Å². The largest absolute Gasteiger partial charge is 0.334 e. The monoisotopic (exact) mass is 490 g/mol.